The molecule has 3 amide bonds. The summed E-state index contributed by atoms with van der Waals surface area (Å²) in [6.07, 6.45) is 1.58. The van der Waals surface area contributed by atoms with Gasteiger partial charge in [-0.25, -0.2) is 4.79 Å². The summed E-state index contributed by atoms with van der Waals surface area (Å²) in [5, 5.41) is 2.93. The minimum atomic E-state index is -0.337. The van der Waals surface area contributed by atoms with Crippen molar-refractivity contribution in [2.45, 2.75) is 13.1 Å². The molecule has 3 aromatic rings. The Hall–Kier alpha value is -3.54. The van der Waals surface area contributed by atoms with Crippen molar-refractivity contribution in [3.63, 3.8) is 0 Å². The van der Waals surface area contributed by atoms with E-state index in [4.69, 9.17) is 18.6 Å². The highest BCUT2D eigenvalue weighted by atomic mass is 79.9. The number of morpholine rings is 1. The number of urea groups is 1. The van der Waals surface area contributed by atoms with Gasteiger partial charge in [-0.3, -0.25) is 9.69 Å². The van der Waals surface area contributed by atoms with Crippen molar-refractivity contribution in [2.24, 2.45) is 0 Å². The van der Waals surface area contributed by atoms with Crippen LogP contribution in [0.2, 0.25) is 0 Å². The number of nitrogens with one attached hydrogen (secondary N) is 1. The van der Waals surface area contributed by atoms with Gasteiger partial charge in [-0.15, -0.1) is 0 Å². The molecule has 0 bridgehead atoms. The second-order valence-corrected chi connectivity index (χ2v) is 10.2. The van der Waals surface area contributed by atoms with Crippen LogP contribution in [-0.2, 0) is 22.6 Å². The van der Waals surface area contributed by atoms with Crippen LogP contribution < -0.4 is 14.8 Å². The number of ether oxygens (including phenoxy) is 3. The number of carbonyl (C=O) groups excluding carboxylic acids is 2. The van der Waals surface area contributed by atoms with Gasteiger partial charge in [0.25, 0.3) is 0 Å². The number of hydrogen-bond donors (Lipinski definition) is 1. The number of carbonyl (C=O) groups is 2. The van der Waals surface area contributed by atoms with Gasteiger partial charge in [0, 0.05) is 42.9 Å². The van der Waals surface area contributed by atoms with Crippen molar-refractivity contribution >= 4 is 33.6 Å². The topological polar surface area (TPSA) is 96.7 Å². The van der Waals surface area contributed by atoms with Gasteiger partial charge in [0.2, 0.25) is 12.7 Å². The van der Waals surface area contributed by atoms with Gasteiger partial charge in [-0.2, -0.15) is 0 Å². The highest BCUT2D eigenvalue weighted by Gasteiger charge is 2.24. The molecule has 1 aromatic heterocycles. The highest BCUT2D eigenvalue weighted by Crippen LogP contribution is 2.33. The Morgan fingerprint density at radius 3 is 2.59 bits per heavy atom. The van der Waals surface area contributed by atoms with Crippen LogP contribution in [0.3, 0.4) is 0 Å². The van der Waals surface area contributed by atoms with Crippen LogP contribution in [-0.4, -0.2) is 79.4 Å². The summed E-state index contributed by atoms with van der Waals surface area (Å²) in [5.74, 6) is 1.79. The zero-order chi connectivity index (χ0) is 27.0. The Labute approximate surface area is 235 Å². The van der Waals surface area contributed by atoms with E-state index in [-0.39, 0.29) is 31.8 Å². The van der Waals surface area contributed by atoms with E-state index < -0.39 is 0 Å². The van der Waals surface area contributed by atoms with E-state index in [1.165, 1.54) is 0 Å². The third-order valence-electron chi connectivity index (χ3n) is 6.57. The van der Waals surface area contributed by atoms with E-state index >= 15 is 0 Å². The average molecular weight is 599 g/mol. The Balaban J connectivity index is 1.31. The first kappa shape index (κ1) is 27.0. The molecule has 1 fully saturated rings. The van der Waals surface area contributed by atoms with Crippen molar-refractivity contribution in [3.8, 4) is 11.5 Å². The number of benzene rings is 2. The van der Waals surface area contributed by atoms with Gasteiger partial charge >= 0.3 is 6.03 Å². The number of halogens is 1. The monoisotopic (exact) mass is 598 g/mol. The minimum absolute atomic E-state index is 0.0879. The molecule has 1 saturated heterocycles. The highest BCUT2D eigenvalue weighted by molar-refractivity contribution is 9.10. The molecule has 0 spiro atoms. The molecular weight excluding hydrogens is 568 g/mol. The van der Waals surface area contributed by atoms with Gasteiger partial charge in [-0.05, 0) is 48.0 Å². The third kappa shape index (κ3) is 7.53. The first-order valence-electron chi connectivity index (χ1n) is 12.8. The Morgan fingerprint density at radius 2 is 1.79 bits per heavy atom. The molecule has 206 valence electrons. The Bertz CT molecular complexity index is 1260. The lowest BCUT2D eigenvalue weighted by molar-refractivity contribution is -0.133. The standard InChI is InChI=1S/C28H31BrN4O6/c29-22-3-1-4-23(16-22)30-28(35)32(9-8-31-10-13-36-14-11-31)19-27(34)33(18-24-5-2-12-37-24)17-21-6-7-25-26(15-21)39-20-38-25/h1-7,12,15-16H,8-11,13-14,17-20H2,(H,30,35). The normalized spacial score (nSPS) is 14.7. The molecular formula is C28H31BrN4O6. The Kier molecular flexibility index (Phi) is 9.02. The molecule has 2 aliphatic rings. The van der Waals surface area contributed by atoms with Crippen molar-refractivity contribution in [1.29, 1.82) is 0 Å². The summed E-state index contributed by atoms with van der Waals surface area (Å²) in [4.78, 5) is 32.6. The fourth-order valence-corrected chi connectivity index (χ4v) is 4.85. The quantitative estimate of drug-likeness (QED) is 0.374. The van der Waals surface area contributed by atoms with Crippen LogP contribution in [0.1, 0.15) is 11.3 Å². The maximum Gasteiger partial charge on any atom is 0.322 e. The molecule has 0 unspecified atom stereocenters. The average Bonchev–Trinajstić information content (AvgIpc) is 3.63. The maximum atomic E-state index is 13.7. The molecule has 2 aromatic carbocycles. The van der Waals surface area contributed by atoms with Crippen LogP contribution >= 0.6 is 15.9 Å². The zero-order valence-electron chi connectivity index (χ0n) is 21.5. The first-order chi connectivity index (χ1) is 19.0. The zero-order valence-corrected chi connectivity index (χ0v) is 23.1. The smallest absolute Gasteiger partial charge is 0.322 e. The lowest BCUT2D eigenvalue weighted by Gasteiger charge is -2.31. The molecule has 0 aliphatic carbocycles. The Morgan fingerprint density at radius 1 is 0.949 bits per heavy atom. The second-order valence-electron chi connectivity index (χ2n) is 9.33. The van der Waals surface area contributed by atoms with Gasteiger partial charge in [0.15, 0.2) is 11.5 Å². The molecule has 1 N–H and O–H groups in total. The minimum Gasteiger partial charge on any atom is -0.467 e. The fourth-order valence-electron chi connectivity index (χ4n) is 4.45. The molecule has 10 nitrogen and oxygen atoms in total. The van der Waals surface area contributed by atoms with Gasteiger partial charge in [-0.1, -0.05) is 28.1 Å². The molecule has 39 heavy (non-hydrogen) atoms. The van der Waals surface area contributed by atoms with Crippen LogP contribution in [0, 0.1) is 0 Å². The van der Waals surface area contributed by atoms with Crippen LogP contribution in [0.15, 0.2) is 69.8 Å². The summed E-state index contributed by atoms with van der Waals surface area (Å²) < 4.78 is 22.8. The predicted molar refractivity (Wildman–Crippen MR) is 148 cm³/mol. The number of nitrogens with zero attached hydrogens (tertiary/aromatic N) is 3. The second kappa shape index (κ2) is 13.0. The summed E-state index contributed by atoms with van der Waals surface area (Å²) in [7, 11) is 0. The van der Waals surface area contributed by atoms with Gasteiger partial charge in [0.1, 0.15) is 12.3 Å². The molecule has 2 aliphatic heterocycles. The number of rotatable bonds is 10. The largest absolute Gasteiger partial charge is 0.467 e. The van der Waals surface area contributed by atoms with E-state index in [9.17, 15) is 9.59 Å². The van der Waals surface area contributed by atoms with Crippen molar-refractivity contribution in [2.75, 3.05) is 58.0 Å². The van der Waals surface area contributed by atoms with Crippen molar-refractivity contribution in [1.82, 2.24) is 14.7 Å². The van der Waals surface area contributed by atoms with Crippen LogP contribution in [0.25, 0.3) is 0 Å². The number of fused-ring (bicyclic) bond motifs is 1. The first-order valence-corrected chi connectivity index (χ1v) is 13.6. The molecule has 0 radical (unpaired) electrons. The number of hydrogen-bond acceptors (Lipinski definition) is 7. The number of furan rings is 1. The van der Waals surface area contributed by atoms with E-state index in [0.29, 0.717) is 55.8 Å². The van der Waals surface area contributed by atoms with Crippen LogP contribution in [0.4, 0.5) is 10.5 Å². The molecule has 0 atom stereocenters. The third-order valence-corrected chi connectivity index (χ3v) is 7.06. The van der Waals surface area contributed by atoms with E-state index in [1.54, 1.807) is 22.1 Å². The summed E-state index contributed by atoms with van der Waals surface area (Å²) in [6, 6.07) is 16.3. The SMILES string of the molecule is O=C(CN(CCN1CCOCC1)C(=O)Nc1cccc(Br)c1)N(Cc1ccc2c(c1)OCO2)Cc1ccco1. The molecule has 3 heterocycles. The maximum absolute atomic E-state index is 13.7. The van der Waals surface area contributed by atoms with Gasteiger partial charge in [0.05, 0.1) is 26.0 Å². The summed E-state index contributed by atoms with van der Waals surface area (Å²) in [6.45, 7) is 4.63. The van der Waals surface area contributed by atoms with Crippen molar-refractivity contribution in [3.05, 3.63) is 76.7 Å². The number of anilines is 1. The van der Waals surface area contributed by atoms with Crippen molar-refractivity contribution < 1.29 is 28.2 Å². The molecule has 0 saturated carbocycles. The van der Waals surface area contributed by atoms with E-state index in [1.807, 2.05) is 48.5 Å². The van der Waals surface area contributed by atoms with Gasteiger partial charge < -0.3 is 33.7 Å². The summed E-state index contributed by atoms with van der Waals surface area (Å²) in [5.41, 5.74) is 1.53. The lowest BCUT2D eigenvalue weighted by Crippen LogP contribution is -2.48. The number of amides is 3. The molecule has 11 heteroatoms. The fraction of sp³-hybridized carbons (Fsp3) is 0.357. The lowest BCUT2D eigenvalue weighted by atomic mass is 10.2. The summed E-state index contributed by atoms with van der Waals surface area (Å²) >= 11 is 3.44. The van der Waals surface area contributed by atoms with E-state index in [0.717, 1.165) is 23.1 Å². The van der Waals surface area contributed by atoms with Crippen LogP contribution in [0.5, 0.6) is 11.5 Å². The predicted octanol–water partition coefficient (Wildman–Crippen LogP) is 4.17. The molecule has 5 rings (SSSR count). The van der Waals surface area contributed by atoms with E-state index in [2.05, 4.69) is 26.1 Å².